The van der Waals surface area contributed by atoms with Gasteiger partial charge in [0.1, 0.15) is 17.6 Å². The SMILES string of the molecule is O=C(Cn1cnc2c(oc3ccccc32)c1=O)Nc1cccnc1N1CCCCC1. The summed E-state index contributed by atoms with van der Waals surface area (Å²) >= 11 is 0. The van der Waals surface area contributed by atoms with Gasteiger partial charge in [-0.05, 0) is 43.5 Å². The van der Waals surface area contributed by atoms with E-state index in [1.165, 1.54) is 17.3 Å². The van der Waals surface area contributed by atoms with Crippen molar-refractivity contribution in [1.29, 1.82) is 0 Å². The summed E-state index contributed by atoms with van der Waals surface area (Å²) in [7, 11) is 0. The van der Waals surface area contributed by atoms with Gasteiger partial charge in [0.05, 0.1) is 12.0 Å². The molecule has 8 nitrogen and oxygen atoms in total. The van der Waals surface area contributed by atoms with Gasteiger partial charge in [-0.3, -0.25) is 14.2 Å². The first-order valence-electron chi connectivity index (χ1n) is 10.1. The molecule has 1 aromatic carbocycles. The number of hydrogen-bond donors (Lipinski definition) is 1. The van der Waals surface area contributed by atoms with Crippen LogP contribution in [-0.4, -0.2) is 33.5 Å². The molecule has 0 unspecified atom stereocenters. The Hall–Kier alpha value is -3.68. The van der Waals surface area contributed by atoms with Crippen LogP contribution in [0, 0.1) is 0 Å². The molecule has 1 amide bonds. The van der Waals surface area contributed by atoms with Gasteiger partial charge in [-0.1, -0.05) is 12.1 Å². The molecule has 4 aromatic rings. The summed E-state index contributed by atoms with van der Waals surface area (Å²) in [5.41, 5.74) is 1.53. The van der Waals surface area contributed by atoms with Crippen LogP contribution >= 0.6 is 0 Å². The molecule has 8 heteroatoms. The molecule has 1 N–H and O–H groups in total. The molecule has 0 atom stereocenters. The number of furan rings is 1. The molecule has 4 heterocycles. The molecular formula is C22H21N5O3. The maximum Gasteiger partial charge on any atom is 0.297 e. The van der Waals surface area contributed by atoms with Crippen molar-refractivity contribution >= 4 is 39.5 Å². The van der Waals surface area contributed by atoms with Crippen LogP contribution in [0.15, 0.2) is 58.1 Å². The number of pyridine rings is 1. The van der Waals surface area contributed by atoms with Crippen LogP contribution < -0.4 is 15.8 Å². The summed E-state index contributed by atoms with van der Waals surface area (Å²) in [6, 6.07) is 11.0. The van der Waals surface area contributed by atoms with Crippen molar-refractivity contribution in [3.05, 3.63) is 59.3 Å². The van der Waals surface area contributed by atoms with Crippen LogP contribution in [-0.2, 0) is 11.3 Å². The van der Waals surface area contributed by atoms with Gasteiger partial charge >= 0.3 is 0 Å². The normalized spacial score (nSPS) is 14.3. The van der Waals surface area contributed by atoms with E-state index in [1.54, 1.807) is 18.3 Å². The molecule has 0 saturated carbocycles. The van der Waals surface area contributed by atoms with Crippen molar-refractivity contribution in [2.45, 2.75) is 25.8 Å². The number of anilines is 2. The lowest BCUT2D eigenvalue weighted by Gasteiger charge is -2.29. The number of hydrogen-bond acceptors (Lipinski definition) is 6. The summed E-state index contributed by atoms with van der Waals surface area (Å²) in [4.78, 5) is 36.5. The van der Waals surface area contributed by atoms with Crippen molar-refractivity contribution in [3.63, 3.8) is 0 Å². The van der Waals surface area contributed by atoms with E-state index in [9.17, 15) is 9.59 Å². The second-order valence-corrected chi connectivity index (χ2v) is 7.42. The fourth-order valence-electron chi connectivity index (χ4n) is 3.92. The number of nitrogens with one attached hydrogen (secondary N) is 1. The Bertz CT molecular complexity index is 1290. The highest BCUT2D eigenvalue weighted by molar-refractivity contribution is 6.01. The predicted molar refractivity (Wildman–Crippen MR) is 115 cm³/mol. The summed E-state index contributed by atoms with van der Waals surface area (Å²) < 4.78 is 6.94. The topological polar surface area (TPSA) is 93.3 Å². The van der Waals surface area contributed by atoms with Crippen LogP contribution in [0.1, 0.15) is 19.3 Å². The lowest BCUT2D eigenvalue weighted by Crippen LogP contribution is -2.32. The molecule has 0 spiro atoms. The van der Waals surface area contributed by atoms with Crippen LogP contribution in [0.2, 0.25) is 0 Å². The zero-order valence-electron chi connectivity index (χ0n) is 16.4. The number of carbonyl (C=O) groups excluding carboxylic acids is 1. The first kappa shape index (κ1) is 18.4. The lowest BCUT2D eigenvalue weighted by atomic mass is 10.1. The maximum atomic E-state index is 12.8. The third-order valence-electron chi connectivity index (χ3n) is 5.38. The number of nitrogens with zero attached hydrogens (tertiary/aromatic N) is 4. The van der Waals surface area contributed by atoms with Gasteiger partial charge in [-0.15, -0.1) is 0 Å². The number of carbonyl (C=O) groups is 1. The summed E-state index contributed by atoms with van der Waals surface area (Å²) in [5, 5.41) is 3.68. The quantitative estimate of drug-likeness (QED) is 0.563. The minimum absolute atomic E-state index is 0.155. The number of amides is 1. The van der Waals surface area contributed by atoms with Gasteiger partial charge in [0.25, 0.3) is 5.56 Å². The lowest BCUT2D eigenvalue weighted by molar-refractivity contribution is -0.116. The second-order valence-electron chi connectivity index (χ2n) is 7.42. The number of piperidine rings is 1. The Kier molecular flexibility index (Phi) is 4.66. The van der Waals surface area contributed by atoms with Crippen molar-refractivity contribution in [3.8, 4) is 0 Å². The van der Waals surface area contributed by atoms with Gasteiger partial charge in [-0.2, -0.15) is 0 Å². The maximum absolute atomic E-state index is 12.8. The molecule has 1 fully saturated rings. The van der Waals surface area contributed by atoms with E-state index >= 15 is 0 Å². The average molecular weight is 403 g/mol. The molecule has 1 aliphatic rings. The monoisotopic (exact) mass is 403 g/mol. The number of para-hydroxylation sites is 1. The molecule has 0 aliphatic carbocycles. The van der Waals surface area contributed by atoms with E-state index in [1.807, 2.05) is 24.3 Å². The third-order valence-corrected chi connectivity index (χ3v) is 5.38. The Morgan fingerprint density at radius 2 is 1.90 bits per heavy atom. The summed E-state index contributed by atoms with van der Waals surface area (Å²) in [6.07, 6.45) is 6.56. The fourth-order valence-corrected chi connectivity index (χ4v) is 3.92. The van der Waals surface area contributed by atoms with E-state index in [4.69, 9.17) is 4.42 Å². The number of rotatable bonds is 4. The first-order valence-corrected chi connectivity index (χ1v) is 10.1. The van der Waals surface area contributed by atoms with E-state index in [0.717, 1.165) is 37.1 Å². The van der Waals surface area contributed by atoms with Gasteiger partial charge in [-0.25, -0.2) is 9.97 Å². The van der Waals surface area contributed by atoms with Gasteiger partial charge in [0.15, 0.2) is 5.82 Å². The van der Waals surface area contributed by atoms with E-state index < -0.39 is 0 Å². The molecule has 3 aromatic heterocycles. The number of fused-ring (bicyclic) bond motifs is 3. The predicted octanol–water partition coefficient (Wildman–Crippen LogP) is 3.17. The van der Waals surface area contributed by atoms with Crippen LogP contribution in [0.25, 0.3) is 22.1 Å². The average Bonchev–Trinajstić information content (AvgIpc) is 3.16. The van der Waals surface area contributed by atoms with Crippen LogP contribution in [0.5, 0.6) is 0 Å². The standard InChI is InChI=1S/C22H21N5O3/c28-18(25-16-8-6-10-23-21(16)26-11-4-1-5-12-26)13-27-14-24-19-15-7-2-3-9-17(15)30-20(19)22(27)29/h2-3,6-10,14H,1,4-5,11-13H2,(H,25,28). The largest absolute Gasteiger partial charge is 0.448 e. The molecule has 0 bridgehead atoms. The molecule has 30 heavy (non-hydrogen) atoms. The highest BCUT2D eigenvalue weighted by atomic mass is 16.3. The van der Waals surface area contributed by atoms with Crippen molar-refractivity contribution < 1.29 is 9.21 Å². The number of benzene rings is 1. The summed E-state index contributed by atoms with van der Waals surface area (Å²) in [6.45, 7) is 1.69. The Morgan fingerprint density at radius 1 is 1.07 bits per heavy atom. The van der Waals surface area contributed by atoms with Crippen molar-refractivity contribution in [2.75, 3.05) is 23.3 Å². The highest BCUT2D eigenvalue weighted by Gasteiger charge is 2.18. The molecule has 0 radical (unpaired) electrons. The van der Waals surface area contributed by atoms with Gasteiger partial charge in [0.2, 0.25) is 11.5 Å². The Labute approximate surface area is 172 Å². The first-order chi connectivity index (χ1) is 14.7. The van der Waals surface area contributed by atoms with Crippen LogP contribution in [0.4, 0.5) is 11.5 Å². The van der Waals surface area contributed by atoms with Crippen LogP contribution in [0.3, 0.4) is 0 Å². The highest BCUT2D eigenvalue weighted by Crippen LogP contribution is 2.26. The van der Waals surface area contributed by atoms with E-state index in [-0.39, 0.29) is 23.6 Å². The van der Waals surface area contributed by atoms with Crippen molar-refractivity contribution in [2.24, 2.45) is 0 Å². The molecular weight excluding hydrogens is 382 g/mol. The zero-order valence-corrected chi connectivity index (χ0v) is 16.4. The summed E-state index contributed by atoms with van der Waals surface area (Å²) in [5.74, 6) is 0.448. The Balaban J connectivity index is 1.40. The Morgan fingerprint density at radius 3 is 2.77 bits per heavy atom. The minimum Gasteiger partial charge on any atom is -0.448 e. The molecule has 5 rings (SSSR count). The van der Waals surface area contributed by atoms with Gasteiger partial charge < -0.3 is 14.6 Å². The van der Waals surface area contributed by atoms with Crippen molar-refractivity contribution in [1.82, 2.24) is 14.5 Å². The smallest absolute Gasteiger partial charge is 0.297 e. The molecule has 1 aliphatic heterocycles. The zero-order chi connectivity index (χ0) is 20.5. The number of aromatic nitrogens is 3. The molecule has 1 saturated heterocycles. The van der Waals surface area contributed by atoms with E-state index in [0.29, 0.717) is 16.8 Å². The van der Waals surface area contributed by atoms with E-state index in [2.05, 4.69) is 20.2 Å². The second kappa shape index (κ2) is 7.62. The fraction of sp³-hybridized carbons (Fsp3) is 0.273. The minimum atomic E-state index is -0.381. The third kappa shape index (κ3) is 3.30. The van der Waals surface area contributed by atoms with Gasteiger partial charge in [0, 0.05) is 24.7 Å². The molecule has 152 valence electrons.